The van der Waals surface area contributed by atoms with E-state index >= 15 is 0 Å². The molecular weight excluding hydrogens is 236 g/mol. The SMILES string of the molecule is Clc1ccc2nnc(C3C4CCCCC43)n2n1. The summed E-state index contributed by atoms with van der Waals surface area (Å²) in [6.07, 6.45) is 5.40. The van der Waals surface area contributed by atoms with Crippen LogP contribution < -0.4 is 0 Å². The van der Waals surface area contributed by atoms with Crippen molar-refractivity contribution in [3.63, 3.8) is 0 Å². The second-order valence-electron chi connectivity index (χ2n) is 5.12. The standard InChI is InChI=1S/C12H13ClN4/c13-9-5-6-10-14-15-12(17(10)16-9)11-7-3-1-2-4-8(7)11/h5-8,11H,1-4H2. The molecule has 2 saturated carbocycles. The normalized spacial score (nSPS) is 31.5. The zero-order chi connectivity index (χ0) is 11.4. The maximum absolute atomic E-state index is 5.94. The lowest BCUT2D eigenvalue weighted by Crippen LogP contribution is -1.98. The molecule has 17 heavy (non-hydrogen) atoms. The van der Waals surface area contributed by atoms with E-state index in [0.717, 1.165) is 23.3 Å². The number of fused-ring (bicyclic) bond motifs is 2. The van der Waals surface area contributed by atoms with Gasteiger partial charge in [0.1, 0.15) is 5.15 Å². The fourth-order valence-corrected chi connectivity index (χ4v) is 3.50. The highest BCUT2D eigenvalue weighted by molar-refractivity contribution is 6.29. The van der Waals surface area contributed by atoms with Gasteiger partial charge in [-0.3, -0.25) is 0 Å². The Balaban J connectivity index is 1.79. The second-order valence-corrected chi connectivity index (χ2v) is 5.51. The first-order chi connectivity index (χ1) is 8.34. The zero-order valence-electron chi connectivity index (χ0n) is 9.38. The van der Waals surface area contributed by atoms with Gasteiger partial charge in [-0.05, 0) is 36.8 Å². The summed E-state index contributed by atoms with van der Waals surface area (Å²) in [6, 6.07) is 3.63. The summed E-state index contributed by atoms with van der Waals surface area (Å²) >= 11 is 5.94. The molecule has 0 aliphatic heterocycles. The molecule has 2 aromatic heterocycles. The van der Waals surface area contributed by atoms with Crippen LogP contribution in [-0.2, 0) is 0 Å². The first kappa shape index (κ1) is 9.83. The number of nitrogens with zero attached hydrogens (tertiary/aromatic N) is 4. The molecule has 0 saturated heterocycles. The van der Waals surface area contributed by atoms with E-state index in [1.165, 1.54) is 25.7 Å². The largest absolute Gasteiger partial charge is 0.196 e. The number of rotatable bonds is 1. The van der Waals surface area contributed by atoms with E-state index in [0.29, 0.717) is 11.1 Å². The highest BCUT2D eigenvalue weighted by atomic mass is 35.5. The van der Waals surface area contributed by atoms with Gasteiger partial charge in [0.05, 0.1) is 0 Å². The van der Waals surface area contributed by atoms with Gasteiger partial charge in [0.2, 0.25) is 0 Å². The van der Waals surface area contributed by atoms with E-state index in [2.05, 4.69) is 15.3 Å². The Hall–Kier alpha value is -1.16. The summed E-state index contributed by atoms with van der Waals surface area (Å²) in [4.78, 5) is 0. The Kier molecular flexibility index (Phi) is 1.98. The minimum absolute atomic E-state index is 0.502. The van der Waals surface area contributed by atoms with Gasteiger partial charge in [-0.2, -0.15) is 9.61 Å². The van der Waals surface area contributed by atoms with E-state index in [9.17, 15) is 0 Å². The minimum Gasteiger partial charge on any atom is -0.196 e. The number of halogens is 1. The van der Waals surface area contributed by atoms with Crippen LogP contribution >= 0.6 is 11.6 Å². The van der Waals surface area contributed by atoms with Crippen LogP contribution in [0.15, 0.2) is 12.1 Å². The van der Waals surface area contributed by atoms with Gasteiger partial charge in [0, 0.05) is 5.92 Å². The van der Waals surface area contributed by atoms with Crippen LogP contribution in [0.4, 0.5) is 0 Å². The summed E-state index contributed by atoms with van der Waals surface area (Å²) in [7, 11) is 0. The molecule has 2 aliphatic rings. The minimum atomic E-state index is 0.502. The van der Waals surface area contributed by atoms with Crippen LogP contribution in [-0.4, -0.2) is 19.8 Å². The number of aromatic nitrogens is 4. The maximum Gasteiger partial charge on any atom is 0.178 e. The third-order valence-electron chi connectivity index (χ3n) is 4.21. The van der Waals surface area contributed by atoms with Gasteiger partial charge in [-0.15, -0.1) is 10.2 Å². The smallest absolute Gasteiger partial charge is 0.178 e. The van der Waals surface area contributed by atoms with Crippen molar-refractivity contribution in [2.45, 2.75) is 31.6 Å². The van der Waals surface area contributed by atoms with Crippen molar-refractivity contribution in [1.82, 2.24) is 19.8 Å². The Morgan fingerprint density at radius 2 is 1.88 bits per heavy atom. The highest BCUT2D eigenvalue weighted by Gasteiger charge is 2.53. The van der Waals surface area contributed by atoms with Gasteiger partial charge in [0.15, 0.2) is 11.5 Å². The van der Waals surface area contributed by atoms with Crippen molar-refractivity contribution in [2.24, 2.45) is 11.8 Å². The molecular formula is C12H13ClN4. The lowest BCUT2D eigenvalue weighted by Gasteiger charge is -2.04. The van der Waals surface area contributed by atoms with E-state index in [-0.39, 0.29) is 0 Å². The Morgan fingerprint density at radius 1 is 1.12 bits per heavy atom. The fourth-order valence-electron chi connectivity index (χ4n) is 3.37. The van der Waals surface area contributed by atoms with Crippen LogP contribution in [0.1, 0.15) is 37.4 Å². The van der Waals surface area contributed by atoms with E-state index in [1.54, 1.807) is 6.07 Å². The molecule has 88 valence electrons. The average Bonchev–Trinajstić information content (AvgIpc) is 2.93. The van der Waals surface area contributed by atoms with Crippen molar-refractivity contribution in [1.29, 1.82) is 0 Å². The molecule has 2 fully saturated rings. The number of hydrogen-bond donors (Lipinski definition) is 0. The third-order valence-corrected chi connectivity index (χ3v) is 4.41. The van der Waals surface area contributed by atoms with Crippen molar-refractivity contribution in [3.8, 4) is 0 Å². The van der Waals surface area contributed by atoms with Crippen LogP contribution in [0.5, 0.6) is 0 Å². The van der Waals surface area contributed by atoms with Crippen molar-refractivity contribution >= 4 is 17.2 Å². The summed E-state index contributed by atoms with van der Waals surface area (Å²) < 4.78 is 1.82. The predicted molar refractivity (Wildman–Crippen MR) is 64.0 cm³/mol. The molecule has 0 spiro atoms. The van der Waals surface area contributed by atoms with Gasteiger partial charge in [-0.1, -0.05) is 24.4 Å². The molecule has 4 rings (SSSR count). The van der Waals surface area contributed by atoms with E-state index < -0.39 is 0 Å². The lowest BCUT2D eigenvalue weighted by molar-refractivity contribution is 0.480. The highest BCUT2D eigenvalue weighted by Crippen LogP contribution is 2.60. The van der Waals surface area contributed by atoms with Crippen LogP contribution in [0.25, 0.3) is 5.65 Å². The first-order valence-corrected chi connectivity index (χ1v) is 6.60. The second kappa shape index (κ2) is 3.42. The molecule has 2 aliphatic carbocycles. The average molecular weight is 249 g/mol. The van der Waals surface area contributed by atoms with E-state index in [1.807, 2.05) is 10.6 Å². The molecule has 0 bridgehead atoms. The molecule has 0 N–H and O–H groups in total. The molecule has 2 atom stereocenters. The maximum atomic E-state index is 5.94. The Morgan fingerprint density at radius 3 is 2.65 bits per heavy atom. The molecule has 2 heterocycles. The molecule has 4 nitrogen and oxygen atoms in total. The fraction of sp³-hybridized carbons (Fsp3) is 0.583. The van der Waals surface area contributed by atoms with E-state index in [4.69, 9.17) is 11.6 Å². The first-order valence-electron chi connectivity index (χ1n) is 6.22. The van der Waals surface area contributed by atoms with Gasteiger partial charge >= 0.3 is 0 Å². The molecule has 2 unspecified atom stereocenters. The summed E-state index contributed by atoms with van der Waals surface area (Å²) in [6.45, 7) is 0. The monoisotopic (exact) mass is 248 g/mol. The molecule has 0 radical (unpaired) electrons. The molecule has 2 aromatic rings. The van der Waals surface area contributed by atoms with Crippen molar-refractivity contribution in [2.75, 3.05) is 0 Å². The Labute approximate surface area is 104 Å². The predicted octanol–water partition coefficient (Wildman–Crippen LogP) is 2.68. The summed E-state index contributed by atoms with van der Waals surface area (Å²) in [5, 5.41) is 13.3. The Bertz CT molecular complexity index is 567. The van der Waals surface area contributed by atoms with Crippen LogP contribution in [0, 0.1) is 11.8 Å². The molecule has 0 aromatic carbocycles. The van der Waals surface area contributed by atoms with Crippen molar-refractivity contribution in [3.05, 3.63) is 23.1 Å². The molecule has 5 heteroatoms. The van der Waals surface area contributed by atoms with Gasteiger partial charge in [0.25, 0.3) is 0 Å². The zero-order valence-corrected chi connectivity index (χ0v) is 10.1. The summed E-state index contributed by atoms with van der Waals surface area (Å²) in [5.41, 5.74) is 0.799. The van der Waals surface area contributed by atoms with Crippen LogP contribution in [0.3, 0.4) is 0 Å². The third kappa shape index (κ3) is 1.40. The quantitative estimate of drug-likeness (QED) is 0.779. The lowest BCUT2D eigenvalue weighted by atomic mass is 10.0. The molecule has 0 amide bonds. The van der Waals surface area contributed by atoms with Crippen molar-refractivity contribution < 1.29 is 0 Å². The summed E-state index contributed by atoms with van der Waals surface area (Å²) in [5.74, 6) is 3.21. The van der Waals surface area contributed by atoms with Gasteiger partial charge in [-0.25, -0.2) is 0 Å². The van der Waals surface area contributed by atoms with Crippen LogP contribution in [0.2, 0.25) is 5.15 Å². The van der Waals surface area contributed by atoms with Gasteiger partial charge < -0.3 is 0 Å². The topological polar surface area (TPSA) is 43.1 Å². The number of hydrogen-bond acceptors (Lipinski definition) is 3.